The van der Waals surface area contributed by atoms with Crippen LogP contribution in [0.2, 0.25) is 0 Å². The van der Waals surface area contributed by atoms with Crippen LogP contribution in [0.1, 0.15) is 16.7 Å². The molecular formula is C14H15IN2O2. The van der Waals surface area contributed by atoms with Gasteiger partial charge in [0.2, 0.25) is 0 Å². The highest BCUT2D eigenvalue weighted by atomic mass is 127. The summed E-state index contributed by atoms with van der Waals surface area (Å²) in [5.74, 6) is 0. The Hall–Kier alpha value is -1.37. The summed E-state index contributed by atoms with van der Waals surface area (Å²) in [6.07, 6.45) is 1.56. The Morgan fingerprint density at radius 1 is 1.21 bits per heavy atom. The Bertz CT molecular complexity index is 710. The average molecular weight is 370 g/mol. The van der Waals surface area contributed by atoms with Crippen LogP contribution in [0.3, 0.4) is 0 Å². The van der Waals surface area contributed by atoms with Crippen LogP contribution in [0.15, 0.2) is 34.0 Å². The molecule has 0 radical (unpaired) electrons. The molecule has 0 aliphatic heterocycles. The summed E-state index contributed by atoms with van der Waals surface area (Å²) < 4.78 is 3.27. The summed E-state index contributed by atoms with van der Waals surface area (Å²) in [6.45, 7) is 4.30. The van der Waals surface area contributed by atoms with Crippen LogP contribution in [0, 0.1) is 17.4 Å². The molecule has 0 aliphatic carbocycles. The Labute approximate surface area is 124 Å². The molecule has 0 spiro atoms. The summed E-state index contributed by atoms with van der Waals surface area (Å²) in [5, 5.41) is 0. The third kappa shape index (κ3) is 2.80. The second-order valence-corrected chi connectivity index (χ2v) is 5.85. The zero-order valence-corrected chi connectivity index (χ0v) is 13.3. The fraction of sp³-hybridized carbons (Fsp3) is 0.286. The zero-order valence-electron chi connectivity index (χ0n) is 11.1. The first kappa shape index (κ1) is 14.0. The highest BCUT2D eigenvalue weighted by molar-refractivity contribution is 14.1. The van der Waals surface area contributed by atoms with Crippen molar-refractivity contribution in [3.05, 3.63) is 65.5 Å². The first-order valence-corrected chi connectivity index (χ1v) is 7.00. The van der Waals surface area contributed by atoms with Gasteiger partial charge in [0.15, 0.2) is 0 Å². The standard InChI is InChI=1S/C14H15IN2O2/c1-9-4-5-10(2)11(6-9)7-17-13(18)12(15)8-16(3)14(17)19/h4-6,8H,7H2,1-3H3. The van der Waals surface area contributed by atoms with Gasteiger partial charge in [-0.05, 0) is 47.6 Å². The molecule has 0 bridgehead atoms. The normalized spacial score (nSPS) is 10.7. The van der Waals surface area contributed by atoms with Crippen molar-refractivity contribution in [2.45, 2.75) is 20.4 Å². The van der Waals surface area contributed by atoms with Gasteiger partial charge in [-0.25, -0.2) is 4.79 Å². The van der Waals surface area contributed by atoms with Gasteiger partial charge in [0.1, 0.15) is 0 Å². The van der Waals surface area contributed by atoms with E-state index in [4.69, 9.17) is 0 Å². The summed E-state index contributed by atoms with van der Waals surface area (Å²) in [6, 6.07) is 6.05. The van der Waals surface area contributed by atoms with Crippen LogP contribution in [0.4, 0.5) is 0 Å². The maximum atomic E-state index is 12.1. The Kier molecular flexibility index (Phi) is 3.93. The molecule has 0 saturated heterocycles. The molecule has 1 aromatic heterocycles. The Balaban J connectivity index is 2.59. The van der Waals surface area contributed by atoms with Gasteiger partial charge >= 0.3 is 5.69 Å². The smallest absolute Gasteiger partial charge is 0.302 e. The van der Waals surface area contributed by atoms with Crippen LogP contribution >= 0.6 is 22.6 Å². The predicted molar refractivity (Wildman–Crippen MR) is 83.7 cm³/mol. The maximum Gasteiger partial charge on any atom is 0.331 e. The first-order valence-electron chi connectivity index (χ1n) is 5.92. The molecule has 0 unspecified atom stereocenters. The van der Waals surface area contributed by atoms with E-state index >= 15 is 0 Å². The lowest BCUT2D eigenvalue weighted by Gasteiger charge is -2.10. The van der Waals surface area contributed by atoms with E-state index in [0.29, 0.717) is 10.1 Å². The van der Waals surface area contributed by atoms with E-state index in [1.165, 1.54) is 9.13 Å². The van der Waals surface area contributed by atoms with Crippen molar-refractivity contribution in [3.63, 3.8) is 0 Å². The van der Waals surface area contributed by atoms with Crippen molar-refractivity contribution in [2.24, 2.45) is 7.05 Å². The molecule has 1 heterocycles. The predicted octanol–water partition coefficient (Wildman–Crippen LogP) is 1.82. The quantitative estimate of drug-likeness (QED) is 0.757. The molecule has 2 rings (SSSR count). The van der Waals surface area contributed by atoms with Crippen LogP contribution in [-0.2, 0) is 13.6 Å². The van der Waals surface area contributed by atoms with Crippen molar-refractivity contribution < 1.29 is 0 Å². The molecule has 0 saturated carbocycles. The van der Waals surface area contributed by atoms with Crippen LogP contribution < -0.4 is 11.2 Å². The SMILES string of the molecule is Cc1ccc(C)c(Cn2c(=O)c(I)cn(C)c2=O)c1. The molecular weight excluding hydrogens is 355 g/mol. The molecule has 2 aromatic rings. The molecule has 19 heavy (non-hydrogen) atoms. The average Bonchev–Trinajstić information content (AvgIpc) is 2.36. The molecule has 1 aromatic carbocycles. The zero-order chi connectivity index (χ0) is 14.2. The van der Waals surface area contributed by atoms with E-state index < -0.39 is 0 Å². The monoisotopic (exact) mass is 370 g/mol. The number of benzene rings is 1. The largest absolute Gasteiger partial charge is 0.331 e. The number of hydrogen-bond donors (Lipinski definition) is 0. The van der Waals surface area contributed by atoms with E-state index in [0.717, 1.165) is 16.7 Å². The highest BCUT2D eigenvalue weighted by Gasteiger charge is 2.09. The van der Waals surface area contributed by atoms with Crippen LogP contribution in [0.25, 0.3) is 0 Å². The number of aromatic nitrogens is 2. The molecule has 4 nitrogen and oxygen atoms in total. The van der Waals surface area contributed by atoms with E-state index in [9.17, 15) is 9.59 Å². The summed E-state index contributed by atoms with van der Waals surface area (Å²) in [5.41, 5.74) is 2.69. The van der Waals surface area contributed by atoms with Gasteiger partial charge in [0.05, 0.1) is 10.1 Å². The van der Waals surface area contributed by atoms with Crippen LogP contribution in [-0.4, -0.2) is 9.13 Å². The van der Waals surface area contributed by atoms with Crippen molar-refractivity contribution in [3.8, 4) is 0 Å². The molecule has 0 fully saturated rings. The molecule has 0 aliphatic rings. The lowest BCUT2D eigenvalue weighted by molar-refractivity contribution is 0.632. The Morgan fingerprint density at radius 3 is 2.58 bits per heavy atom. The minimum Gasteiger partial charge on any atom is -0.302 e. The minimum atomic E-state index is -0.286. The van der Waals surface area contributed by atoms with E-state index in [1.807, 2.05) is 54.6 Å². The maximum absolute atomic E-state index is 12.1. The van der Waals surface area contributed by atoms with E-state index in [1.54, 1.807) is 13.2 Å². The van der Waals surface area contributed by atoms with Gasteiger partial charge in [0.25, 0.3) is 5.56 Å². The summed E-state index contributed by atoms with van der Waals surface area (Å²) in [4.78, 5) is 24.1. The number of hydrogen-bond acceptors (Lipinski definition) is 2. The molecule has 0 amide bonds. The number of nitrogens with zero attached hydrogens (tertiary/aromatic N) is 2. The van der Waals surface area contributed by atoms with Gasteiger partial charge in [-0.15, -0.1) is 0 Å². The van der Waals surface area contributed by atoms with Crippen LogP contribution in [0.5, 0.6) is 0 Å². The molecule has 100 valence electrons. The van der Waals surface area contributed by atoms with Crippen molar-refractivity contribution in [2.75, 3.05) is 0 Å². The Morgan fingerprint density at radius 2 is 1.89 bits per heavy atom. The molecule has 0 N–H and O–H groups in total. The third-order valence-corrected chi connectivity index (χ3v) is 3.86. The van der Waals surface area contributed by atoms with Crippen molar-refractivity contribution >= 4 is 22.6 Å². The second-order valence-electron chi connectivity index (χ2n) is 4.69. The topological polar surface area (TPSA) is 44.0 Å². The first-order chi connectivity index (χ1) is 8.90. The lowest BCUT2D eigenvalue weighted by Crippen LogP contribution is -2.40. The summed E-state index contributed by atoms with van der Waals surface area (Å²) >= 11 is 1.96. The summed E-state index contributed by atoms with van der Waals surface area (Å²) in [7, 11) is 1.66. The highest BCUT2D eigenvalue weighted by Crippen LogP contribution is 2.11. The van der Waals surface area contributed by atoms with E-state index in [2.05, 4.69) is 0 Å². The van der Waals surface area contributed by atoms with E-state index in [-0.39, 0.29) is 11.2 Å². The minimum absolute atomic E-state index is 0.232. The fourth-order valence-electron chi connectivity index (χ4n) is 1.97. The number of aryl methyl sites for hydroxylation is 3. The van der Waals surface area contributed by atoms with Gasteiger partial charge in [-0.1, -0.05) is 23.8 Å². The van der Waals surface area contributed by atoms with Crippen molar-refractivity contribution in [1.29, 1.82) is 0 Å². The number of halogens is 1. The lowest BCUT2D eigenvalue weighted by atomic mass is 10.1. The second kappa shape index (κ2) is 5.32. The van der Waals surface area contributed by atoms with Gasteiger partial charge in [-0.2, -0.15) is 0 Å². The molecule has 0 atom stereocenters. The fourth-order valence-corrected chi connectivity index (χ4v) is 2.68. The van der Waals surface area contributed by atoms with Gasteiger partial charge in [0, 0.05) is 13.2 Å². The number of rotatable bonds is 2. The third-order valence-electron chi connectivity index (χ3n) is 3.12. The molecule has 5 heteroatoms. The van der Waals surface area contributed by atoms with Gasteiger partial charge < -0.3 is 4.57 Å². The van der Waals surface area contributed by atoms with Gasteiger partial charge in [-0.3, -0.25) is 9.36 Å². The van der Waals surface area contributed by atoms with Crippen molar-refractivity contribution in [1.82, 2.24) is 9.13 Å².